The lowest BCUT2D eigenvalue weighted by Crippen LogP contribution is -2.42. The van der Waals surface area contributed by atoms with Crippen LogP contribution >= 0.6 is 22.2 Å². The molecular weight excluding hydrogens is 283 g/mol. The zero-order valence-electron chi connectivity index (χ0n) is 9.09. The SMILES string of the molecule is CCCCCCC(F)(C[SiH](Cl)Cl)C(F)(F)F. The minimum absolute atomic E-state index is 0.221. The second kappa shape index (κ2) is 7.06. The summed E-state index contributed by atoms with van der Waals surface area (Å²) in [7, 11) is -2.60. The van der Waals surface area contributed by atoms with E-state index in [1.807, 2.05) is 6.92 Å². The van der Waals surface area contributed by atoms with Crippen molar-refractivity contribution in [1.82, 2.24) is 0 Å². The predicted molar refractivity (Wildman–Crippen MR) is 62.3 cm³/mol. The normalized spacial score (nSPS) is 16.5. The van der Waals surface area contributed by atoms with Crippen molar-refractivity contribution >= 4 is 29.6 Å². The Morgan fingerprint density at radius 3 is 1.94 bits per heavy atom. The molecule has 0 aromatic carbocycles. The molecule has 0 rings (SSSR count). The topological polar surface area (TPSA) is 0 Å². The summed E-state index contributed by atoms with van der Waals surface area (Å²) in [5.74, 6) is 0. The molecule has 0 nitrogen and oxygen atoms in total. The number of rotatable bonds is 7. The Morgan fingerprint density at radius 2 is 1.56 bits per heavy atom. The molecule has 0 heterocycles. The van der Waals surface area contributed by atoms with Crippen molar-refractivity contribution in [2.75, 3.05) is 0 Å². The van der Waals surface area contributed by atoms with Crippen LogP contribution in [0.25, 0.3) is 0 Å². The fourth-order valence-electron chi connectivity index (χ4n) is 1.44. The summed E-state index contributed by atoms with van der Waals surface area (Å²) in [5.41, 5.74) is -3.19. The van der Waals surface area contributed by atoms with Crippen LogP contribution in [0, 0.1) is 0 Å². The summed E-state index contributed by atoms with van der Waals surface area (Å²) in [5, 5.41) is 0. The van der Waals surface area contributed by atoms with Gasteiger partial charge in [-0.15, -0.1) is 0 Å². The van der Waals surface area contributed by atoms with Crippen LogP contribution in [0.3, 0.4) is 0 Å². The summed E-state index contributed by atoms with van der Waals surface area (Å²) in [4.78, 5) is 0. The molecule has 0 spiro atoms. The van der Waals surface area contributed by atoms with Crippen LogP contribution in [-0.4, -0.2) is 19.3 Å². The van der Waals surface area contributed by atoms with E-state index in [1.165, 1.54) is 0 Å². The lowest BCUT2D eigenvalue weighted by atomic mass is 9.99. The van der Waals surface area contributed by atoms with Gasteiger partial charge in [-0.1, -0.05) is 26.2 Å². The van der Waals surface area contributed by atoms with E-state index in [1.54, 1.807) is 0 Å². The lowest BCUT2D eigenvalue weighted by Gasteiger charge is -2.28. The molecule has 0 aliphatic heterocycles. The van der Waals surface area contributed by atoms with E-state index in [2.05, 4.69) is 0 Å². The first-order valence-electron chi connectivity index (χ1n) is 5.26. The summed E-state index contributed by atoms with van der Waals surface area (Å²) < 4.78 is 51.2. The zero-order valence-corrected chi connectivity index (χ0v) is 11.8. The van der Waals surface area contributed by atoms with E-state index in [0.717, 1.165) is 12.8 Å². The average Bonchev–Trinajstić information content (AvgIpc) is 2.09. The predicted octanol–water partition coefficient (Wildman–Crippen LogP) is 4.93. The van der Waals surface area contributed by atoms with E-state index < -0.39 is 31.7 Å². The lowest BCUT2D eigenvalue weighted by molar-refractivity contribution is -0.225. The van der Waals surface area contributed by atoms with Crippen molar-refractivity contribution < 1.29 is 17.6 Å². The van der Waals surface area contributed by atoms with Crippen LogP contribution in [-0.2, 0) is 0 Å². The van der Waals surface area contributed by atoms with Crippen LogP contribution in [0.4, 0.5) is 17.6 Å². The Bertz CT molecular complexity index is 198. The minimum Gasteiger partial charge on any atom is -0.234 e. The van der Waals surface area contributed by atoms with Gasteiger partial charge in [0.05, 0.1) is 0 Å². The molecule has 0 radical (unpaired) electrons. The van der Waals surface area contributed by atoms with Crippen LogP contribution < -0.4 is 0 Å². The number of alkyl halides is 4. The molecule has 1 atom stereocenters. The molecule has 7 heteroatoms. The van der Waals surface area contributed by atoms with E-state index in [9.17, 15) is 17.6 Å². The van der Waals surface area contributed by atoms with Crippen LogP contribution in [0.1, 0.15) is 39.0 Å². The van der Waals surface area contributed by atoms with Gasteiger partial charge in [-0.05, 0) is 12.8 Å². The van der Waals surface area contributed by atoms with Crippen LogP contribution in [0.15, 0.2) is 0 Å². The van der Waals surface area contributed by atoms with E-state index in [-0.39, 0.29) is 6.42 Å². The highest BCUT2D eigenvalue weighted by molar-refractivity contribution is 7.33. The highest BCUT2D eigenvalue weighted by atomic mass is 35.7. The van der Waals surface area contributed by atoms with Gasteiger partial charge in [-0.25, -0.2) is 4.39 Å². The third kappa shape index (κ3) is 5.73. The quantitative estimate of drug-likeness (QED) is 0.271. The fraction of sp³-hybridized carbons (Fsp3) is 1.00. The Kier molecular flexibility index (Phi) is 7.29. The van der Waals surface area contributed by atoms with Crippen molar-refractivity contribution in [2.24, 2.45) is 0 Å². The zero-order chi connectivity index (χ0) is 12.8. The summed E-state index contributed by atoms with van der Waals surface area (Å²) in [6.07, 6.45) is -2.86. The monoisotopic (exact) mass is 298 g/mol. The van der Waals surface area contributed by atoms with Gasteiger partial charge in [0.15, 0.2) is 0 Å². The molecule has 0 aliphatic carbocycles. The number of halogens is 6. The number of hydrogen-bond acceptors (Lipinski definition) is 0. The maximum Gasteiger partial charge on any atom is 0.422 e. The van der Waals surface area contributed by atoms with E-state index in [0.29, 0.717) is 6.42 Å². The van der Waals surface area contributed by atoms with Gasteiger partial charge in [0.2, 0.25) is 13.1 Å². The third-order valence-corrected chi connectivity index (χ3v) is 4.29. The molecule has 0 saturated carbocycles. The van der Waals surface area contributed by atoms with Gasteiger partial charge in [-0.3, -0.25) is 0 Å². The van der Waals surface area contributed by atoms with Gasteiger partial charge >= 0.3 is 6.18 Å². The smallest absolute Gasteiger partial charge is 0.234 e. The second-order valence-corrected chi connectivity index (χ2v) is 8.89. The van der Waals surface area contributed by atoms with Crippen LogP contribution in [0.5, 0.6) is 0 Å². The Hall–Kier alpha value is 0.517. The Balaban J connectivity index is 4.32. The van der Waals surface area contributed by atoms with Gasteiger partial charge in [0.1, 0.15) is 0 Å². The molecule has 0 fully saturated rings. The molecule has 1 unspecified atom stereocenters. The van der Waals surface area contributed by atoms with E-state index in [4.69, 9.17) is 22.2 Å². The van der Waals surface area contributed by atoms with Crippen LogP contribution in [0.2, 0.25) is 6.04 Å². The Labute approximate surface area is 104 Å². The molecule has 0 amide bonds. The number of unbranched alkanes of at least 4 members (excludes halogenated alkanes) is 3. The number of hydrogen-bond donors (Lipinski definition) is 0. The molecule has 0 bridgehead atoms. The first-order chi connectivity index (χ1) is 7.23. The summed E-state index contributed by atoms with van der Waals surface area (Å²) >= 11 is 10.7. The maximum atomic E-state index is 13.7. The van der Waals surface area contributed by atoms with Crippen molar-refractivity contribution in [2.45, 2.75) is 56.9 Å². The summed E-state index contributed by atoms with van der Waals surface area (Å²) in [6.45, 7) is 1.94. The highest BCUT2D eigenvalue weighted by Crippen LogP contribution is 2.42. The molecule has 0 aromatic heterocycles. The fourth-order valence-corrected chi connectivity index (χ4v) is 3.83. The van der Waals surface area contributed by atoms with Crippen molar-refractivity contribution in [1.29, 1.82) is 0 Å². The van der Waals surface area contributed by atoms with Crippen molar-refractivity contribution in [3.8, 4) is 0 Å². The van der Waals surface area contributed by atoms with Gasteiger partial charge in [-0.2, -0.15) is 35.3 Å². The molecule has 0 saturated heterocycles. The van der Waals surface area contributed by atoms with Gasteiger partial charge in [0.25, 0.3) is 0 Å². The molecule has 16 heavy (non-hydrogen) atoms. The first-order valence-corrected chi connectivity index (χ1v) is 9.57. The van der Waals surface area contributed by atoms with Gasteiger partial charge < -0.3 is 0 Å². The minimum atomic E-state index is -4.87. The molecule has 0 aliphatic rings. The van der Waals surface area contributed by atoms with E-state index >= 15 is 0 Å². The second-order valence-electron chi connectivity index (χ2n) is 3.87. The molecular formula is C9H16Cl2F4Si. The average molecular weight is 299 g/mol. The maximum absolute atomic E-state index is 13.7. The summed E-state index contributed by atoms with van der Waals surface area (Å²) in [6, 6.07) is -0.758. The molecule has 98 valence electrons. The highest BCUT2D eigenvalue weighted by Gasteiger charge is 2.55. The van der Waals surface area contributed by atoms with Gasteiger partial charge in [0, 0.05) is 6.04 Å². The largest absolute Gasteiger partial charge is 0.422 e. The first kappa shape index (κ1) is 16.5. The third-order valence-electron chi connectivity index (χ3n) is 2.41. The Morgan fingerprint density at radius 1 is 1.00 bits per heavy atom. The van der Waals surface area contributed by atoms with Crippen molar-refractivity contribution in [3.05, 3.63) is 0 Å². The molecule has 0 aromatic rings. The molecule has 0 N–H and O–H groups in total. The standard InChI is InChI=1S/C9H16Cl2F4Si/c1-2-3-4-5-6-8(12,7-16(10)11)9(13,14)15/h16H,2-7H2,1H3. The van der Waals surface area contributed by atoms with Crippen molar-refractivity contribution in [3.63, 3.8) is 0 Å².